The zero-order valence-electron chi connectivity index (χ0n) is 37.5. The predicted octanol–water partition coefficient (Wildman–Crippen LogP) is 9.30. The summed E-state index contributed by atoms with van der Waals surface area (Å²) in [7, 11) is 0. The van der Waals surface area contributed by atoms with E-state index in [1.165, 1.54) is 15.0 Å². The Kier molecular flexibility index (Phi) is 14.7. The summed E-state index contributed by atoms with van der Waals surface area (Å²) in [6.07, 6.45) is 2.13. The lowest BCUT2D eigenvalue weighted by Crippen LogP contribution is -2.43. The highest BCUT2D eigenvalue weighted by Gasteiger charge is 2.37. The van der Waals surface area contributed by atoms with Crippen LogP contribution in [0.15, 0.2) is 75.9 Å². The molecule has 328 valence electrons. The lowest BCUT2D eigenvalue weighted by atomic mass is 9.91. The molecule has 3 aliphatic heterocycles. The Labute approximate surface area is 363 Å². The normalized spacial score (nSPS) is 15.0. The van der Waals surface area contributed by atoms with Crippen LogP contribution in [0.25, 0.3) is 16.6 Å². The maximum Gasteiger partial charge on any atom is 0.331 e. The first-order chi connectivity index (χ1) is 30.1. The second kappa shape index (κ2) is 20.1. The highest BCUT2D eigenvalue weighted by molar-refractivity contribution is 6.05. The number of halogens is 1. The Hall–Kier alpha value is -6.15. The number of aromatic nitrogens is 5. The van der Waals surface area contributed by atoms with Crippen LogP contribution in [0.5, 0.6) is 0 Å². The summed E-state index contributed by atoms with van der Waals surface area (Å²) in [5, 5.41) is 9.15. The first-order valence-corrected chi connectivity index (χ1v) is 22.0. The van der Waals surface area contributed by atoms with Gasteiger partial charge >= 0.3 is 6.03 Å². The minimum absolute atomic E-state index is 0.0532. The Morgan fingerprint density at radius 3 is 2.15 bits per heavy atom. The van der Waals surface area contributed by atoms with E-state index in [2.05, 4.69) is 22.3 Å². The van der Waals surface area contributed by atoms with Crippen LogP contribution < -0.4 is 15.4 Å². The first-order valence-electron chi connectivity index (χ1n) is 22.0. The maximum absolute atomic E-state index is 14.9. The van der Waals surface area contributed by atoms with E-state index >= 15 is 0 Å². The molecule has 3 aromatic carbocycles. The highest BCUT2D eigenvalue weighted by Crippen LogP contribution is 2.33. The van der Waals surface area contributed by atoms with Gasteiger partial charge in [-0.25, -0.2) is 18.7 Å². The fraction of sp³-hybridized carbons (Fsp3) is 0.417. The lowest BCUT2D eigenvalue weighted by molar-refractivity contribution is 0.0720. The quantitative estimate of drug-likeness (QED) is 0.155. The molecule has 0 radical (unpaired) electrons. The van der Waals surface area contributed by atoms with Crippen LogP contribution in [0.2, 0.25) is 0 Å². The SMILES string of the molecule is CC.CC.CC.Cc1nnc(Cn2c(C(=O)N3CCc4c(nc(N5CCN(c6ccccc6)C5=O)n(-c5cc(C)c(F)c(C)c5)c4=O)C3)cc3cc(C4CCOCC4)ccc32)o1. The molecule has 0 bridgehead atoms. The number of urea groups is 1. The number of hydrogen-bond donors (Lipinski definition) is 0. The van der Waals surface area contributed by atoms with Gasteiger partial charge in [0.1, 0.15) is 18.1 Å². The molecule has 0 N–H and O–H groups in total. The van der Waals surface area contributed by atoms with Crippen molar-refractivity contribution in [2.24, 2.45) is 0 Å². The van der Waals surface area contributed by atoms with Gasteiger partial charge in [-0.15, -0.1) is 10.2 Å². The van der Waals surface area contributed by atoms with Crippen LogP contribution in [0.4, 0.5) is 20.8 Å². The van der Waals surface area contributed by atoms with E-state index in [0.717, 1.165) is 42.6 Å². The standard InChI is InChI=1S/C42H41FN8O5.3C2H6/c1-25-19-32(20-26(2)38(25)43)51-39(52)33-11-14-47(23-34(33)44-41(51)49-16-15-48(42(49)54)31-7-5-4-6-8-31)40(53)36-22-30-21-29(28-12-17-55-18-13-28)9-10-35(30)50(36)24-37-46-45-27(3)56-37;3*1-2/h4-10,19-22,28H,11-18,23-24H2,1-3H3;3*1-2H3. The summed E-state index contributed by atoms with van der Waals surface area (Å²) in [5.74, 6) is 0.716. The molecule has 6 aromatic rings. The first kappa shape index (κ1) is 45.4. The average molecular weight is 847 g/mol. The number of para-hydroxylation sites is 1. The Morgan fingerprint density at radius 1 is 0.806 bits per heavy atom. The molecule has 3 aromatic heterocycles. The van der Waals surface area contributed by atoms with E-state index in [1.807, 2.05) is 88.6 Å². The fourth-order valence-electron chi connectivity index (χ4n) is 8.31. The van der Waals surface area contributed by atoms with Gasteiger partial charge in [-0.3, -0.25) is 19.4 Å². The summed E-state index contributed by atoms with van der Waals surface area (Å²) in [6, 6.07) is 20.4. The molecule has 62 heavy (non-hydrogen) atoms. The average Bonchev–Trinajstić information content (AvgIpc) is 4.03. The van der Waals surface area contributed by atoms with E-state index in [4.69, 9.17) is 14.1 Å². The van der Waals surface area contributed by atoms with Gasteiger partial charge in [0.2, 0.25) is 17.7 Å². The second-order valence-corrected chi connectivity index (χ2v) is 14.8. The van der Waals surface area contributed by atoms with Crippen molar-refractivity contribution < 1.29 is 23.1 Å². The van der Waals surface area contributed by atoms with Gasteiger partial charge in [-0.05, 0) is 98.2 Å². The van der Waals surface area contributed by atoms with Gasteiger partial charge in [0.05, 0.1) is 17.9 Å². The van der Waals surface area contributed by atoms with Gasteiger partial charge in [-0.2, -0.15) is 0 Å². The largest absolute Gasteiger partial charge is 0.424 e. The van der Waals surface area contributed by atoms with Crippen molar-refractivity contribution in [2.45, 2.75) is 101 Å². The van der Waals surface area contributed by atoms with Gasteiger partial charge in [0, 0.05) is 61.9 Å². The molecular formula is C48H59FN8O5. The summed E-state index contributed by atoms with van der Waals surface area (Å²) >= 11 is 0. The zero-order valence-corrected chi connectivity index (χ0v) is 37.5. The number of carbonyl (C=O) groups is 2. The smallest absolute Gasteiger partial charge is 0.331 e. The summed E-state index contributed by atoms with van der Waals surface area (Å²) in [4.78, 5) is 53.2. The van der Waals surface area contributed by atoms with Crippen molar-refractivity contribution in [1.82, 2.24) is 29.2 Å². The minimum Gasteiger partial charge on any atom is -0.424 e. The maximum atomic E-state index is 14.9. The van der Waals surface area contributed by atoms with E-state index in [0.29, 0.717) is 58.0 Å². The van der Waals surface area contributed by atoms with Gasteiger partial charge < -0.3 is 18.6 Å². The number of benzene rings is 3. The van der Waals surface area contributed by atoms with Crippen LogP contribution >= 0.6 is 0 Å². The van der Waals surface area contributed by atoms with Gasteiger partial charge in [0.25, 0.3) is 11.5 Å². The number of nitrogens with zero attached hydrogens (tertiary/aromatic N) is 8. The Morgan fingerprint density at radius 2 is 1.48 bits per heavy atom. The van der Waals surface area contributed by atoms with Gasteiger partial charge in [-0.1, -0.05) is 65.8 Å². The van der Waals surface area contributed by atoms with Crippen molar-refractivity contribution >= 4 is 34.5 Å². The molecule has 2 fully saturated rings. The van der Waals surface area contributed by atoms with E-state index in [1.54, 1.807) is 42.7 Å². The molecule has 3 aliphatic rings. The molecule has 0 spiro atoms. The molecule has 0 atom stereocenters. The molecule has 3 amide bonds. The Balaban J connectivity index is 0.00000103. The second-order valence-electron chi connectivity index (χ2n) is 14.8. The predicted molar refractivity (Wildman–Crippen MR) is 241 cm³/mol. The van der Waals surface area contributed by atoms with Crippen LogP contribution in [-0.2, 0) is 24.2 Å². The number of amides is 3. The minimum atomic E-state index is -0.359. The van der Waals surface area contributed by atoms with E-state index < -0.39 is 0 Å². The van der Waals surface area contributed by atoms with Gasteiger partial charge in [0.15, 0.2) is 0 Å². The lowest BCUT2D eigenvalue weighted by Gasteiger charge is -2.30. The Bertz CT molecular complexity index is 2550. The molecule has 0 saturated carbocycles. The van der Waals surface area contributed by atoms with Crippen LogP contribution in [-0.4, -0.2) is 74.0 Å². The monoisotopic (exact) mass is 846 g/mol. The third-order valence-corrected chi connectivity index (χ3v) is 11.2. The highest BCUT2D eigenvalue weighted by atomic mass is 19.1. The third kappa shape index (κ3) is 8.92. The number of aryl methyl sites for hydroxylation is 3. The third-order valence-electron chi connectivity index (χ3n) is 11.2. The zero-order chi connectivity index (χ0) is 44.7. The summed E-state index contributed by atoms with van der Waals surface area (Å²) in [5.41, 5.74) is 4.92. The summed E-state index contributed by atoms with van der Waals surface area (Å²) in [6.45, 7) is 19.6. The summed E-state index contributed by atoms with van der Waals surface area (Å²) < 4.78 is 29.5. The van der Waals surface area contributed by atoms with E-state index in [-0.39, 0.29) is 61.9 Å². The van der Waals surface area contributed by atoms with Crippen molar-refractivity contribution in [3.8, 4) is 5.69 Å². The number of anilines is 2. The number of fused-ring (bicyclic) bond motifs is 2. The van der Waals surface area contributed by atoms with E-state index in [9.17, 15) is 18.8 Å². The van der Waals surface area contributed by atoms with Crippen molar-refractivity contribution in [1.29, 1.82) is 0 Å². The van der Waals surface area contributed by atoms with Crippen molar-refractivity contribution in [3.63, 3.8) is 0 Å². The molecule has 0 aliphatic carbocycles. The number of hydrogen-bond acceptors (Lipinski definition) is 8. The number of rotatable bonds is 7. The van der Waals surface area contributed by atoms with Crippen LogP contribution in [0, 0.1) is 26.6 Å². The molecule has 6 heterocycles. The molecule has 13 nitrogen and oxygen atoms in total. The molecular weight excluding hydrogens is 788 g/mol. The van der Waals surface area contributed by atoms with Crippen molar-refractivity contribution in [3.05, 3.63) is 128 Å². The van der Waals surface area contributed by atoms with Crippen molar-refractivity contribution in [2.75, 3.05) is 42.6 Å². The number of carbonyl (C=O) groups excluding carboxylic acids is 2. The molecule has 14 heteroatoms. The van der Waals surface area contributed by atoms with Crippen LogP contribution in [0.1, 0.15) is 111 Å². The number of ether oxygens (including phenoxy) is 1. The fourth-order valence-corrected chi connectivity index (χ4v) is 8.31. The molecule has 0 unspecified atom stereocenters. The van der Waals surface area contributed by atoms with Crippen LogP contribution in [0.3, 0.4) is 0 Å². The molecule has 2 saturated heterocycles. The topological polar surface area (TPSA) is 132 Å². The molecule has 9 rings (SSSR count).